The molecule has 0 spiro atoms. The average molecular weight is 353 g/mol. The van der Waals surface area contributed by atoms with Crippen molar-refractivity contribution in [2.45, 2.75) is 13.1 Å². The van der Waals surface area contributed by atoms with Gasteiger partial charge in [-0.1, -0.05) is 18.2 Å². The summed E-state index contributed by atoms with van der Waals surface area (Å²) in [5.41, 5.74) is 2.83. The molecule has 0 aliphatic carbocycles. The minimum atomic E-state index is -0.856. The Labute approximate surface area is 149 Å². The van der Waals surface area contributed by atoms with Crippen molar-refractivity contribution in [1.82, 2.24) is 10.3 Å². The van der Waals surface area contributed by atoms with Gasteiger partial charge in [-0.25, -0.2) is 8.78 Å². The zero-order valence-corrected chi connectivity index (χ0v) is 13.9. The van der Waals surface area contributed by atoms with Crippen molar-refractivity contribution in [3.8, 4) is 0 Å². The maximum Gasteiger partial charge on any atom is 0.255 e. The first kappa shape index (κ1) is 17.7. The van der Waals surface area contributed by atoms with Gasteiger partial charge in [-0.2, -0.15) is 0 Å². The molecule has 0 bridgehead atoms. The van der Waals surface area contributed by atoms with E-state index < -0.39 is 11.6 Å². The highest BCUT2D eigenvalue weighted by Crippen LogP contribution is 2.13. The fourth-order valence-electron chi connectivity index (χ4n) is 2.47. The number of aromatic nitrogens is 1. The van der Waals surface area contributed by atoms with Crippen LogP contribution in [0.15, 0.2) is 67.0 Å². The number of halogens is 2. The van der Waals surface area contributed by atoms with Gasteiger partial charge in [-0.05, 0) is 47.5 Å². The molecule has 0 unspecified atom stereocenters. The maximum atomic E-state index is 13.2. The number of pyridine rings is 1. The summed E-state index contributed by atoms with van der Waals surface area (Å²) in [7, 11) is 0. The lowest BCUT2D eigenvalue weighted by Crippen LogP contribution is -2.14. The van der Waals surface area contributed by atoms with Gasteiger partial charge >= 0.3 is 0 Å². The molecular formula is C20H17F2N3O. The molecule has 4 nitrogen and oxygen atoms in total. The Balaban J connectivity index is 1.57. The Morgan fingerprint density at radius 2 is 1.62 bits per heavy atom. The Hall–Kier alpha value is -3.12. The summed E-state index contributed by atoms with van der Waals surface area (Å²) in [4.78, 5) is 16.0. The van der Waals surface area contributed by atoms with E-state index in [1.54, 1.807) is 30.6 Å². The smallest absolute Gasteiger partial charge is 0.255 e. The second-order valence-electron chi connectivity index (χ2n) is 5.74. The molecule has 1 aromatic heterocycles. The zero-order chi connectivity index (χ0) is 18.4. The van der Waals surface area contributed by atoms with E-state index in [0.29, 0.717) is 29.9 Å². The summed E-state index contributed by atoms with van der Waals surface area (Å²) in [6.07, 6.45) is 3.13. The maximum absolute atomic E-state index is 13.2. The van der Waals surface area contributed by atoms with E-state index >= 15 is 0 Å². The minimum Gasteiger partial charge on any atom is -0.322 e. The van der Waals surface area contributed by atoms with Crippen LogP contribution >= 0.6 is 0 Å². The van der Waals surface area contributed by atoms with E-state index in [4.69, 9.17) is 0 Å². The number of carbonyl (C=O) groups excluding carboxylic acids is 1. The van der Waals surface area contributed by atoms with E-state index in [-0.39, 0.29) is 5.91 Å². The van der Waals surface area contributed by atoms with Gasteiger partial charge in [0.2, 0.25) is 0 Å². The van der Waals surface area contributed by atoms with Crippen LogP contribution in [-0.2, 0) is 13.1 Å². The van der Waals surface area contributed by atoms with Gasteiger partial charge in [0.1, 0.15) is 0 Å². The Morgan fingerprint density at radius 3 is 2.35 bits per heavy atom. The molecule has 0 fully saturated rings. The third-order valence-electron chi connectivity index (χ3n) is 3.77. The molecule has 6 heteroatoms. The van der Waals surface area contributed by atoms with Crippen molar-refractivity contribution in [2.24, 2.45) is 0 Å². The monoisotopic (exact) mass is 353 g/mol. The fourth-order valence-corrected chi connectivity index (χ4v) is 2.47. The summed E-state index contributed by atoms with van der Waals surface area (Å²) in [5, 5.41) is 6.00. The summed E-state index contributed by atoms with van der Waals surface area (Å²) >= 11 is 0. The van der Waals surface area contributed by atoms with Crippen LogP contribution in [-0.4, -0.2) is 10.9 Å². The SMILES string of the molecule is O=C(Nc1cccc(CNCc2ccc(F)c(F)c2)c1)c1ccncc1. The minimum absolute atomic E-state index is 0.209. The van der Waals surface area contributed by atoms with E-state index in [2.05, 4.69) is 15.6 Å². The molecule has 0 saturated carbocycles. The van der Waals surface area contributed by atoms with Gasteiger partial charge in [0, 0.05) is 36.7 Å². The van der Waals surface area contributed by atoms with Crippen LogP contribution in [0.1, 0.15) is 21.5 Å². The van der Waals surface area contributed by atoms with E-state index in [1.165, 1.54) is 12.1 Å². The van der Waals surface area contributed by atoms with Gasteiger partial charge in [0.05, 0.1) is 0 Å². The molecular weight excluding hydrogens is 336 g/mol. The lowest BCUT2D eigenvalue weighted by atomic mass is 10.1. The van der Waals surface area contributed by atoms with Crippen LogP contribution in [0.5, 0.6) is 0 Å². The Bertz CT molecular complexity index is 901. The Morgan fingerprint density at radius 1 is 0.885 bits per heavy atom. The molecule has 26 heavy (non-hydrogen) atoms. The number of benzene rings is 2. The number of nitrogens with one attached hydrogen (secondary N) is 2. The third-order valence-corrected chi connectivity index (χ3v) is 3.77. The third kappa shape index (κ3) is 4.70. The molecule has 0 radical (unpaired) electrons. The lowest BCUT2D eigenvalue weighted by molar-refractivity contribution is 0.102. The van der Waals surface area contributed by atoms with E-state index in [9.17, 15) is 13.6 Å². The van der Waals surface area contributed by atoms with Crippen LogP contribution < -0.4 is 10.6 Å². The number of hydrogen-bond acceptors (Lipinski definition) is 3. The first-order chi connectivity index (χ1) is 12.6. The van der Waals surface area contributed by atoms with Crippen LogP contribution in [0, 0.1) is 11.6 Å². The molecule has 0 aliphatic rings. The van der Waals surface area contributed by atoms with Crippen molar-refractivity contribution in [3.63, 3.8) is 0 Å². The fraction of sp³-hybridized carbons (Fsp3) is 0.100. The number of rotatable bonds is 6. The summed E-state index contributed by atoms with van der Waals surface area (Å²) in [6.45, 7) is 0.933. The largest absolute Gasteiger partial charge is 0.322 e. The highest BCUT2D eigenvalue weighted by Gasteiger charge is 2.06. The molecule has 132 valence electrons. The number of hydrogen-bond donors (Lipinski definition) is 2. The van der Waals surface area contributed by atoms with E-state index in [0.717, 1.165) is 11.6 Å². The van der Waals surface area contributed by atoms with Gasteiger partial charge < -0.3 is 10.6 Å². The normalized spacial score (nSPS) is 10.5. The molecule has 2 N–H and O–H groups in total. The van der Waals surface area contributed by atoms with Crippen molar-refractivity contribution in [2.75, 3.05) is 5.32 Å². The summed E-state index contributed by atoms with van der Waals surface area (Å²) in [6, 6.07) is 14.5. The summed E-state index contributed by atoms with van der Waals surface area (Å²) in [5.74, 6) is -1.92. The summed E-state index contributed by atoms with van der Waals surface area (Å²) < 4.78 is 26.1. The first-order valence-corrected chi connectivity index (χ1v) is 8.07. The number of nitrogens with zero attached hydrogens (tertiary/aromatic N) is 1. The van der Waals surface area contributed by atoms with Crippen molar-refractivity contribution < 1.29 is 13.6 Å². The van der Waals surface area contributed by atoms with E-state index in [1.807, 2.05) is 18.2 Å². The lowest BCUT2D eigenvalue weighted by Gasteiger charge is -2.09. The topological polar surface area (TPSA) is 54.0 Å². The predicted octanol–water partition coefficient (Wildman–Crippen LogP) is 3.90. The van der Waals surface area contributed by atoms with Gasteiger partial charge in [0.15, 0.2) is 11.6 Å². The predicted molar refractivity (Wildman–Crippen MR) is 95.5 cm³/mol. The zero-order valence-electron chi connectivity index (χ0n) is 13.9. The van der Waals surface area contributed by atoms with Crippen molar-refractivity contribution in [3.05, 3.63) is 95.3 Å². The molecule has 0 saturated heterocycles. The average Bonchev–Trinajstić information content (AvgIpc) is 2.66. The van der Waals surface area contributed by atoms with Crippen LogP contribution in [0.2, 0.25) is 0 Å². The van der Waals surface area contributed by atoms with Gasteiger partial charge in [-0.3, -0.25) is 9.78 Å². The molecule has 1 amide bonds. The van der Waals surface area contributed by atoms with Crippen LogP contribution in [0.4, 0.5) is 14.5 Å². The number of amides is 1. The molecule has 3 rings (SSSR count). The Kier molecular flexibility index (Phi) is 5.66. The molecule has 0 atom stereocenters. The highest BCUT2D eigenvalue weighted by atomic mass is 19.2. The first-order valence-electron chi connectivity index (χ1n) is 8.07. The number of anilines is 1. The van der Waals surface area contributed by atoms with Crippen molar-refractivity contribution >= 4 is 11.6 Å². The molecule has 2 aromatic carbocycles. The molecule has 0 aliphatic heterocycles. The quantitative estimate of drug-likeness (QED) is 0.707. The van der Waals surface area contributed by atoms with Crippen LogP contribution in [0.3, 0.4) is 0 Å². The molecule has 3 aromatic rings. The second-order valence-corrected chi connectivity index (χ2v) is 5.74. The number of carbonyl (C=O) groups is 1. The van der Waals surface area contributed by atoms with Gasteiger partial charge in [0.25, 0.3) is 5.91 Å². The van der Waals surface area contributed by atoms with Crippen LogP contribution in [0.25, 0.3) is 0 Å². The molecule has 1 heterocycles. The van der Waals surface area contributed by atoms with Crippen molar-refractivity contribution in [1.29, 1.82) is 0 Å². The second kappa shape index (κ2) is 8.31. The highest BCUT2D eigenvalue weighted by molar-refractivity contribution is 6.04. The van der Waals surface area contributed by atoms with Gasteiger partial charge in [-0.15, -0.1) is 0 Å². The standard InChI is InChI=1S/C20H17F2N3O/c21-18-5-4-15(11-19(18)22)13-24-12-14-2-1-3-17(10-14)25-20(26)16-6-8-23-9-7-16/h1-11,24H,12-13H2,(H,25,26).